The lowest BCUT2D eigenvalue weighted by Gasteiger charge is -2.26. The monoisotopic (exact) mass is 261 g/mol. The normalized spacial score (nSPS) is 14.4. The van der Waals surface area contributed by atoms with Crippen molar-refractivity contribution in [1.82, 2.24) is 5.32 Å². The number of hydrogen-bond acceptors (Lipinski definition) is 1. The zero-order chi connectivity index (χ0) is 14.3. The largest absolute Gasteiger partial charge is 0.310 e. The first kappa shape index (κ1) is 16.2. The van der Waals surface area contributed by atoms with Crippen LogP contribution in [0.4, 0.5) is 0 Å². The van der Waals surface area contributed by atoms with E-state index in [2.05, 4.69) is 58.1 Å². The Morgan fingerprint density at radius 3 is 2.21 bits per heavy atom. The predicted octanol–water partition coefficient (Wildman–Crippen LogP) is 4.90. The average Bonchev–Trinajstić information content (AvgIpc) is 2.44. The molecule has 0 heterocycles. The van der Waals surface area contributed by atoms with E-state index in [0.29, 0.717) is 12.0 Å². The van der Waals surface area contributed by atoms with Gasteiger partial charge >= 0.3 is 0 Å². The van der Waals surface area contributed by atoms with E-state index in [1.54, 1.807) is 0 Å². The summed E-state index contributed by atoms with van der Waals surface area (Å²) in [6.07, 6.45) is 4.82. The van der Waals surface area contributed by atoms with Gasteiger partial charge in [-0.05, 0) is 48.4 Å². The van der Waals surface area contributed by atoms with E-state index in [1.807, 2.05) is 0 Å². The molecule has 0 saturated heterocycles. The number of rotatable bonds is 8. The summed E-state index contributed by atoms with van der Waals surface area (Å²) in [5, 5.41) is 3.67. The molecule has 2 atom stereocenters. The van der Waals surface area contributed by atoms with Crippen molar-refractivity contribution >= 4 is 0 Å². The third kappa shape index (κ3) is 4.35. The number of benzene rings is 1. The zero-order valence-corrected chi connectivity index (χ0v) is 13.4. The molecule has 0 fully saturated rings. The second kappa shape index (κ2) is 8.37. The molecule has 0 aliphatic carbocycles. The Balaban J connectivity index is 3.01. The van der Waals surface area contributed by atoms with Gasteiger partial charge < -0.3 is 5.32 Å². The summed E-state index contributed by atoms with van der Waals surface area (Å²) in [5.41, 5.74) is 4.49. The van der Waals surface area contributed by atoms with Crippen molar-refractivity contribution in [2.75, 3.05) is 6.54 Å². The Labute approximate surface area is 119 Å². The minimum Gasteiger partial charge on any atom is -0.310 e. The molecule has 1 aromatic carbocycles. The van der Waals surface area contributed by atoms with E-state index in [0.717, 1.165) is 19.4 Å². The fraction of sp³-hybridized carbons (Fsp3) is 0.667. The maximum atomic E-state index is 3.67. The molecule has 0 radical (unpaired) electrons. The summed E-state index contributed by atoms with van der Waals surface area (Å²) in [5.74, 6) is 0.696. The van der Waals surface area contributed by atoms with E-state index in [1.165, 1.54) is 29.5 Å². The fourth-order valence-electron chi connectivity index (χ4n) is 3.00. The van der Waals surface area contributed by atoms with Gasteiger partial charge in [0.05, 0.1) is 0 Å². The van der Waals surface area contributed by atoms with Crippen molar-refractivity contribution in [2.45, 2.75) is 66.3 Å². The van der Waals surface area contributed by atoms with E-state index < -0.39 is 0 Å². The van der Waals surface area contributed by atoms with Gasteiger partial charge in [0, 0.05) is 6.04 Å². The maximum Gasteiger partial charge on any atom is 0.0346 e. The number of aryl methyl sites for hydroxylation is 2. The van der Waals surface area contributed by atoms with E-state index in [4.69, 9.17) is 0 Å². The van der Waals surface area contributed by atoms with Gasteiger partial charge in [-0.1, -0.05) is 59.2 Å². The topological polar surface area (TPSA) is 12.0 Å². The highest BCUT2D eigenvalue weighted by atomic mass is 14.9. The molecule has 0 aliphatic rings. The Bertz CT molecular complexity index is 370. The molecular formula is C18H31N. The van der Waals surface area contributed by atoms with Crippen LogP contribution in [-0.4, -0.2) is 6.54 Å². The van der Waals surface area contributed by atoms with Crippen molar-refractivity contribution in [2.24, 2.45) is 5.92 Å². The fourth-order valence-corrected chi connectivity index (χ4v) is 3.00. The Morgan fingerprint density at radius 1 is 1.00 bits per heavy atom. The van der Waals surface area contributed by atoms with Crippen LogP contribution in [0.25, 0.3) is 0 Å². The van der Waals surface area contributed by atoms with Gasteiger partial charge in [-0.25, -0.2) is 0 Å². The van der Waals surface area contributed by atoms with Crippen molar-refractivity contribution in [1.29, 1.82) is 0 Å². The predicted molar refractivity (Wildman–Crippen MR) is 85.7 cm³/mol. The third-order valence-corrected chi connectivity index (χ3v) is 4.09. The van der Waals surface area contributed by atoms with Crippen molar-refractivity contribution in [3.63, 3.8) is 0 Å². The van der Waals surface area contributed by atoms with Crippen molar-refractivity contribution < 1.29 is 0 Å². The van der Waals surface area contributed by atoms with Gasteiger partial charge in [-0.15, -0.1) is 0 Å². The number of nitrogens with one attached hydrogen (secondary N) is 1. The highest BCUT2D eigenvalue weighted by Crippen LogP contribution is 2.27. The standard InChI is InChI=1S/C18H31N/c1-6-10-14(5)18(19-9-4)17-12-11-15(7-2)16(8-3)13-17/h11-14,18-19H,6-10H2,1-5H3. The van der Waals surface area contributed by atoms with Gasteiger partial charge in [0.2, 0.25) is 0 Å². The van der Waals surface area contributed by atoms with E-state index in [9.17, 15) is 0 Å². The molecule has 108 valence electrons. The molecule has 2 unspecified atom stereocenters. The van der Waals surface area contributed by atoms with Gasteiger partial charge in [-0.2, -0.15) is 0 Å². The first-order valence-corrected chi connectivity index (χ1v) is 8.02. The summed E-state index contributed by atoms with van der Waals surface area (Å²) >= 11 is 0. The van der Waals surface area contributed by atoms with Crippen LogP contribution in [-0.2, 0) is 12.8 Å². The summed E-state index contributed by atoms with van der Waals surface area (Å²) in [7, 11) is 0. The number of hydrogen-bond donors (Lipinski definition) is 1. The summed E-state index contributed by atoms with van der Waals surface area (Å²) in [6.45, 7) is 12.4. The molecule has 0 amide bonds. The lowest BCUT2D eigenvalue weighted by atomic mass is 9.88. The molecule has 0 bridgehead atoms. The molecule has 0 aromatic heterocycles. The second-order valence-corrected chi connectivity index (χ2v) is 5.54. The lowest BCUT2D eigenvalue weighted by molar-refractivity contribution is 0.369. The second-order valence-electron chi connectivity index (χ2n) is 5.54. The smallest absolute Gasteiger partial charge is 0.0346 e. The highest BCUT2D eigenvalue weighted by molar-refractivity contribution is 5.34. The van der Waals surface area contributed by atoms with Crippen LogP contribution in [0, 0.1) is 5.92 Å². The van der Waals surface area contributed by atoms with E-state index >= 15 is 0 Å². The van der Waals surface area contributed by atoms with Crippen LogP contribution >= 0.6 is 0 Å². The van der Waals surface area contributed by atoms with Gasteiger partial charge in [0.1, 0.15) is 0 Å². The van der Waals surface area contributed by atoms with Crippen LogP contribution in [0.5, 0.6) is 0 Å². The maximum absolute atomic E-state index is 3.67. The Kier molecular flexibility index (Phi) is 7.15. The quantitative estimate of drug-likeness (QED) is 0.702. The van der Waals surface area contributed by atoms with E-state index in [-0.39, 0.29) is 0 Å². The molecule has 19 heavy (non-hydrogen) atoms. The summed E-state index contributed by atoms with van der Waals surface area (Å²) in [4.78, 5) is 0. The molecule has 0 saturated carbocycles. The van der Waals surface area contributed by atoms with Gasteiger partial charge in [0.25, 0.3) is 0 Å². The molecule has 1 aromatic rings. The summed E-state index contributed by atoms with van der Waals surface area (Å²) < 4.78 is 0. The minimum atomic E-state index is 0.501. The van der Waals surface area contributed by atoms with Crippen LogP contribution < -0.4 is 5.32 Å². The highest BCUT2D eigenvalue weighted by Gasteiger charge is 2.18. The van der Waals surface area contributed by atoms with Crippen LogP contribution in [0.3, 0.4) is 0 Å². The van der Waals surface area contributed by atoms with Gasteiger partial charge in [-0.3, -0.25) is 0 Å². The first-order valence-electron chi connectivity index (χ1n) is 8.02. The molecule has 1 nitrogen and oxygen atoms in total. The molecule has 0 spiro atoms. The molecule has 1 heteroatoms. The minimum absolute atomic E-state index is 0.501. The average molecular weight is 261 g/mol. The van der Waals surface area contributed by atoms with Gasteiger partial charge in [0.15, 0.2) is 0 Å². The van der Waals surface area contributed by atoms with Crippen LogP contribution in [0.1, 0.15) is 70.2 Å². The van der Waals surface area contributed by atoms with Crippen molar-refractivity contribution in [3.8, 4) is 0 Å². The first-order chi connectivity index (χ1) is 9.17. The van der Waals surface area contributed by atoms with Crippen LogP contribution in [0.2, 0.25) is 0 Å². The molecule has 0 aliphatic heterocycles. The summed E-state index contributed by atoms with van der Waals surface area (Å²) in [6, 6.07) is 7.59. The third-order valence-electron chi connectivity index (χ3n) is 4.09. The van der Waals surface area contributed by atoms with Crippen molar-refractivity contribution in [3.05, 3.63) is 34.9 Å². The molecule has 1 rings (SSSR count). The zero-order valence-electron chi connectivity index (χ0n) is 13.4. The molecule has 1 N–H and O–H groups in total. The lowest BCUT2D eigenvalue weighted by Crippen LogP contribution is -2.27. The Morgan fingerprint density at radius 2 is 1.68 bits per heavy atom. The Hall–Kier alpha value is -0.820. The molecular weight excluding hydrogens is 230 g/mol. The SMILES string of the molecule is CCCC(C)C(NCC)c1ccc(CC)c(CC)c1. The van der Waals surface area contributed by atoms with Crippen LogP contribution in [0.15, 0.2) is 18.2 Å².